The van der Waals surface area contributed by atoms with Crippen molar-refractivity contribution in [3.05, 3.63) is 12.2 Å². The zero-order valence-corrected chi connectivity index (χ0v) is 56.3. The lowest BCUT2D eigenvalue weighted by molar-refractivity contribution is -0.301. The van der Waals surface area contributed by atoms with Crippen LogP contribution >= 0.6 is 15.6 Å². The number of carbonyl (C=O) groups excluding carboxylic acids is 3. The van der Waals surface area contributed by atoms with Gasteiger partial charge in [0.25, 0.3) is 0 Å². The molecule has 0 radical (unpaired) electrons. The molecular weight excluding hydrogens is 1160 g/mol. The van der Waals surface area contributed by atoms with Crippen molar-refractivity contribution < 1.29 is 90.4 Å². The molecule has 2 saturated heterocycles. The number of hydrogen-bond acceptors (Lipinski definition) is 15. The van der Waals surface area contributed by atoms with Crippen molar-refractivity contribution in [1.82, 2.24) is 10.6 Å². The van der Waals surface area contributed by atoms with Gasteiger partial charge >= 0.3 is 15.6 Å². The number of aliphatic hydroxyl groups excluding tert-OH is 1. The Morgan fingerprint density at radius 1 is 0.483 bits per heavy atom. The molecule has 512 valence electrons. The van der Waals surface area contributed by atoms with Crippen LogP contribution in [-0.4, -0.2) is 150 Å². The zero-order valence-electron chi connectivity index (χ0n) is 54.6. The first-order chi connectivity index (χ1) is 41.9. The fraction of sp³-hybridized carbons (Fsp3) is 0.922. The number of aliphatic hydroxyl groups is 1. The van der Waals surface area contributed by atoms with E-state index in [0.717, 1.165) is 148 Å². The Labute approximate surface area is 524 Å². The number of allylic oxidation sites excluding steroid dienone is 2. The van der Waals surface area contributed by atoms with Gasteiger partial charge < -0.3 is 68.5 Å². The van der Waals surface area contributed by atoms with Crippen LogP contribution in [-0.2, 0) is 65.7 Å². The van der Waals surface area contributed by atoms with Crippen molar-refractivity contribution >= 4 is 33.2 Å². The number of carbonyl (C=O) groups is 3. The van der Waals surface area contributed by atoms with Gasteiger partial charge in [0.1, 0.15) is 54.5 Å². The van der Waals surface area contributed by atoms with E-state index in [4.69, 9.17) is 42.2 Å². The second-order valence-electron chi connectivity index (χ2n) is 24.1. The summed E-state index contributed by atoms with van der Waals surface area (Å²) in [5, 5.41) is 17.9. The molecule has 2 heterocycles. The first-order valence-corrected chi connectivity index (χ1v) is 37.1. The number of phosphoric acid groups is 2. The summed E-state index contributed by atoms with van der Waals surface area (Å²) in [6.07, 6.45) is 26.8. The quantitative estimate of drug-likeness (QED) is 0.0129. The fourth-order valence-electron chi connectivity index (χ4n) is 11.3. The van der Waals surface area contributed by atoms with Crippen molar-refractivity contribution in [3.8, 4) is 0 Å². The van der Waals surface area contributed by atoms with Gasteiger partial charge in [-0.3, -0.25) is 23.4 Å². The molecule has 2 aliphatic heterocycles. The highest BCUT2D eigenvalue weighted by Crippen LogP contribution is 2.44. The van der Waals surface area contributed by atoms with Crippen molar-refractivity contribution in [1.29, 1.82) is 0 Å². The van der Waals surface area contributed by atoms with Crippen LogP contribution in [0.15, 0.2) is 12.2 Å². The highest BCUT2D eigenvalue weighted by atomic mass is 31.2. The molecule has 7 N–H and O–H groups in total. The Morgan fingerprint density at radius 3 is 1.48 bits per heavy atom. The number of phosphoric ester groups is 2. The summed E-state index contributed by atoms with van der Waals surface area (Å²) in [5.41, 5.74) is 0. The van der Waals surface area contributed by atoms with Crippen LogP contribution in [0.2, 0.25) is 0 Å². The molecular formula is C64H122N2O19P2. The first kappa shape index (κ1) is 81.3. The van der Waals surface area contributed by atoms with Crippen LogP contribution in [0.3, 0.4) is 0 Å². The third kappa shape index (κ3) is 39.4. The number of rotatable bonds is 57. The number of methoxy groups -OCH3 is 2. The largest absolute Gasteiger partial charge is 0.472 e. The number of unbranched alkanes of at least 4 members (excludes halogenated alkanes) is 28. The van der Waals surface area contributed by atoms with Crippen LogP contribution < -0.4 is 10.6 Å². The summed E-state index contributed by atoms with van der Waals surface area (Å²) >= 11 is 0. The van der Waals surface area contributed by atoms with E-state index in [1.165, 1.54) is 58.5 Å². The van der Waals surface area contributed by atoms with Gasteiger partial charge in [-0.25, -0.2) is 9.13 Å². The summed E-state index contributed by atoms with van der Waals surface area (Å²) in [6.45, 7) is 7.89. The van der Waals surface area contributed by atoms with Gasteiger partial charge in [-0.05, 0) is 57.8 Å². The summed E-state index contributed by atoms with van der Waals surface area (Å²) in [5.74, 6) is -1.52. The summed E-state index contributed by atoms with van der Waals surface area (Å²) in [6, 6.07) is -2.84. The van der Waals surface area contributed by atoms with E-state index in [9.17, 15) is 48.2 Å². The Hall–Kier alpha value is -1.75. The summed E-state index contributed by atoms with van der Waals surface area (Å²) in [7, 11) is -7.69. The van der Waals surface area contributed by atoms with E-state index in [-0.39, 0.29) is 44.5 Å². The van der Waals surface area contributed by atoms with E-state index in [2.05, 4.69) is 50.5 Å². The molecule has 0 aromatic heterocycles. The molecule has 0 aromatic rings. The molecule has 23 heteroatoms. The molecule has 11 unspecified atom stereocenters. The SMILES string of the molecule is CCCCCCC=CCCCCCCCC(=O)NC1C(OCC2OC(OP(=O)(O)O)C(NC(=O)CC(=O)CCCCCCCCCCC)C(OCCCCCCCCCC)C2O)OC(COC)C(OP(=O)(O)O)C1OCCC(CCCCCCC)OC. The second kappa shape index (κ2) is 50.8. The fourth-order valence-corrected chi connectivity index (χ4v) is 12.4. The Bertz CT molecular complexity index is 1860. The zero-order chi connectivity index (χ0) is 64.0. The highest BCUT2D eigenvalue weighted by Gasteiger charge is 2.53. The molecule has 0 saturated carbocycles. The number of Topliss-reactive ketones (excluding diaryl/α,β-unsaturated/α-hetero) is 1. The van der Waals surface area contributed by atoms with Crippen molar-refractivity contribution in [2.24, 2.45) is 0 Å². The molecule has 0 aromatic carbocycles. The molecule has 2 aliphatic rings. The number of ketones is 1. The van der Waals surface area contributed by atoms with Gasteiger partial charge in [0.05, 0.1) is 25.7 Å². The topological polar surface area (TPSA) is 294 Å². The maximum absolute atomic E-state index is 14.1. The van der Waals surface area contributed by atoms with E-state index in [0.29, 0.717) is 25.7 Å². The lowest BCUT2D eigenvalue weighted by atomic mass is 9.95. The van der Waals surface area contributed by atoms with E-state index < -0.39 is 102 Å². The van der Waals surface area contributed by atoms with Crippen LogP contribution in [0.4, 0.5) is 0 Å². The number of amides is 2. The minimum absolute atomic E-state index is 0.00761. The number of ether oxygens (including phenoxy) is 7. The van der Waals surface area contributed by atoms with Gasteiger partial charge in [-0.2, -0.15) is 0 Å². The predicted octanol–water partition coefficient (Wildman–Crippen LogP) is 12.8. The minimum Gasteiger partial charge on any atom is -0.388 e. The van der Waals surface area contributed by atoms with Crippen molar-refractivity contribution in [2.45, 2.75) is 339 Å². The maximum atomic E-state index is 14.1. The number of hydrogen-bond donors (Lipinski definition) is 7. The Kier molecular flexibility index (Phi) is 47.5. The average Bonchev–Trinajstić information content (AvgIpc) is 1.10. The predicted molar refractivity (Wildman–Crippen MR) is 338 cm³/mol. The summed E-state index contributed by atoms with van der Waals surface area (Å²) in [4.78, 5) is 82.0. The highest BCUT2D eigenvalue weighted by molar-refractivity contribution is 7.46. The molecule has 0 bridgehead atoms. The van der Waals surface area contributed by atoms with Crippen LogP contribution in [0, 0.1) is 0 Å². The van der Waals surface area contributed by atoms with Gasteiger partial charge in [0.15, 0.2) is 12.6 Å². The van der Waals surface area contributed by atoms with Crippen LogP contribution in [0.1, 0.15) is 272 Å². The van der Waals surface area contributed by atoms with Gasteiger partial charge in [-0.1, -0.05) is 207 Å². The summed E-state index contributed by atoms with van der Waals surface area (Å²) < 4.78 is 79.2. The lowest BCUT2D eigenvalue weighted by Crippen LogP contribution is -2.67. The minimum atomic E-state index is -5.39. The smallest absolute Gasteiger partial charge is 0.388 e. The second-order valence-corrected chi connectivity index (χ2v) is 26.5. The number of nitrogens with one attached hydrogen (secondary N) is 2. The van der Waals surface area contributed by atoms with E-state index in [1.807, 2.05) is 0 Å². The average molecular weight is 1290 g/mol. The van der Waals surface area contributed by atoms with Crippen LogP contribution in [0.25, 0.3) is 0 Å². The van der Waals surface area contributed by atoms with Gasteiger partial charge in [-0.15, -0.1) is 0 Å². The third-order valence-corrected chi connectivity index (χ3v) is 17.3. The molecule has 21 nitrogen and oxygen atoms in total. The molecule has 11 atom stereocenters. The molecule has 0 spiro atoms. The third-order valence-electron chi connectivity index (χ3n) is 16.3. The van der Waals surface area contributed by atoms with Crippen molar-refractivity contribution in [2.75, 3.05) is 40.6 Å². The molecule has 2 amide bonds. The first-order valence-electron chi connectivity index (χ1n) is 34.0. The molecule has 87 heavy (non-hydrogen) atoms. The monoisotopic (exact) mass is 1280 g/mol. The molecule has 2 rings (SSSR count). The van der Waals surface area contributed by atoms with E-state index in [1.54, 1.807) is 7.11 Å². The normalized spacial score (nSPS) is 23.1. The van der Waals surface area contributed by atoms with E-state index >= 15 is 0 Å². The lowest BCUT2D eigenvalue weighted by Gasteiger charge is -2.47. The Morgan fingerprint density at radius 2 is 0.943 bits per heavy atom. The maximum Gasteiger partial charge on any atom is 0.472 e. The van der Waals surface area contributed by atoms with Gasteiger partial charge in [0.2, 0.25) is 11.8 Å². The molecule has 0 aliphatic carbocycles. The van der Waals surface area contributed by atoms with Gasteiger partial charge in [0, 0.05) is 40.3 Å². The molecule has 2 fully saturated rings. The van der Waals surface area contributed by atoms with Crippen LogP contribution in [0.5, 0.6) is 0 Å². The van der Waals surface area contributed by atoms with Crippen molar-refractivity contribution in [3.63, 3.8) is 0 Å². The Balaban J connectivity index is 2.48. The standard InChI is InChI=1S/C64H122N2O19P2/c1-7-11-15-19-22-25-26-27-28-30-32-36-40-44-55(68)65-58-62(80-47-45-52(78-6)43-39-34-18-14-10-4)60(84-86(71,72)73)54(49-77-5)83-63(58)81-50-53-59(70)61(79-46-41-37-33-24-21-17-13-9-3)57(64(82-53)85-87(74,75)76)66-56(69)48-51(67)42-38-35-31-29-23-20-16-12-8-2/h25-26,52-54,57-64,70H,7-24,27-50H2,1-6H3,(H,65,68)(H,66,69)(H2,71,72,73)(H2,74,75,76).